The van der Waals surface area contributed by atoms with Crippen LogP contribution < -0.4 is 10.2 Å². The number of carboxylic acids is 3. The number of anilines is 2. The van der Waals surface area contributed by atoms with E-state index in [0.717, 1.165) is 49.9 Å². The van der Waals surface area contributed by atoms with Gasteiger partial charge in [-0.3, -0.25) is 19.2 Å². The molecule has 3 atom stereocenters. The second kappa shape index (κ2) is 22.2. The van der Waals surface area contributed by atoms with Gasteiger partial charge in [-0.25, -0.2) is 4.79 Å². The molecule has 0 aromatic heterocycles. The number of carbonyl (C=O) groups excluding carboxylic acids is 2. The lowest BCUT2D eigenvalue weighted by atomic mass is 9.87. The lowest BCUT2D eigenvalue weighted by Gasteiger charge is -2.23. The molecule has 1 amide bonds. The van der Waals surface area contributed by atoms with Crippen LogP contribution >= 0.6 is 0 Å². The van der Waals surface area contributed by atoms with Crippen molar-refractivity contribution in [2.75, 3.05) is 11.9 Å². The Morgan fingerprint density at radius 1 is 0.750 bits per heavy atom. The Balaban J connectivity index is 1.97. The van der Waals surface area contributed by atoms with E-state index in [-0.39, 0.29) is 6.42 Å². The first-order chi connectivity index (χ1) is 23.0. The minimum atomic E-state index is -1.58. The van der Waals surface area contributed by atoms with E-state index in [1.54, 1.807) is 18.2 Å². The molecule has 10 heteroatoms. The van der Waals surface area contributed by atoms with E-state index in [2.05, 4.69) is 12.2 Å². The van der Waals surface area contributed by atoms with E-state index in [9.17, 15) is 39.3 Å². The van der Waals surface area contributed by atoms with Gasteiger partial charge in [0.05, 0.1) is 18.3 Å². The quantitative estimate of drug-likeness (QED) is 0.0636. The summed E-state index contributed by atoms with van der Waals surface area (Å²) in [5.74, 6) is -7.64. The molecule has 0 aliphatic heterocycles. The van der Waals surface area contributed by atoms with Crippen molar-refractivity contribution in [3.63, 3.8) is 0 Å². The predicted molar refractivity (Wildman–Crippen MR) is 186 cm³/mol. The Kier molecular flexibility index (Phi) is 18.3. The van der Waals surface area contributed by atoms with Gasteiger partial charge in [-0.05, 0) is 55.5 Å². The van der Waals surface area contributed by atoms with Crippen molar-refractivity contribution in [1.29, 1.82) is 0 Å². The molecule has 0 fully saturated rings. The highest BCUT2D eigenvalue weighted by atomic mass is 16.4. The summed E-state index contributed by atoms with van der Waals surface area (Å²) in [5.41, 5.74) is 2.50. The number of carbonyl (C=O) groups is 5. The Labute approximate surface area is 284 Å². The molecule has 4 N–H and O–H groups in total. The smallest absolute Gasteiger partial charge is 0.326 e. The molecule has 2 rings (SSSR count). The number of para-hydroxylation sites is 1. The molecule has 0 unspecified atom stereocenters. The molecule has 0 aliphatic carbocycles. The number of Topliss-reactive ketones (excluding diaryl/α,β-unsaturated/α-hetero) is 1. The third-order valence-electron chi connectivity index (χ3n) is 8.45. The first-order valence-corrected chi connectivity index (χ1v) is 17.1. The summed E-state index contributed by atoms with van der Waals surface area (Å²) in [7, 11) is 1.91. The monoisotopic (exact) mass is 664 g/mol. The summed E-state index contributed by atoms with van der Waals surface area (Å²) in [6.07, 6.45) is 12.8. The zero-order chi connectivity index (χ0) is 35.3. The summed E-state index contributed by atoms with van der Waals surface area (Å²) in [6.45, 7) is 2.16. The highest BCUT2D eigenvalue weighted by Crippen LogP contribution is 2.24. The fraction of sp³-hybridized carbons (Fsp3) is 0.500. The number of hydrogen-bond acceptors (Lipinski definition) is 6. The van der Waals surface area contributed by atoms with E-state index in [0.29, 0.717) is 30.6 Å². The number of benzene rings is 2. The standard InChI is InChI=1S/C38H52N2O8/c1-3-4-5-8-14-19-31(41)20-15-9-6-7-10-16-21-32(33(37(45)46)27-35(42)43)36(44)39-34(38(47)48)26-28-22-24-30(25-23-28)40(2)29-17-12-11-13-18-29/h11-13,16-18,21-25,32-34H,3-10,14-15,19-20,26-27H2,1-2H3,(H,39,44)(H,42,43)(H,45,46)(H,47,48)/b21-16+/t32-,33+,34-/m0/s1. The number of carboxylic acid groups (broad SMARTS) is 3. The van der Waals surface area contributed by atoms with Crippen LogP contribution in [0.25, 0.3) is 0 Å². The molecule has 48 heavy (non-hydrogen) atoms. The predicted octanol–water partition coefficient (Wildman–Crippen LogP) is 7.18. The highest BCUT2D eigenvalue weighted by molar-refractivity contribution is 5.91. The SMILES string of the molecule is CCCCCCCC(=O)CCCCCC/C=C/[C@H](C(=O)N[C@@H](Cc1ccc(N(C)c2ccccc2)cc1)C(=O)O)[C@@H](CC(=O)O)C(=O)O. The van der Waals surface area contributed by atoms with Crippen LogP contribution in [0.15, 0.2) is 66.7 Å². The van der Waals surface area contributed by atoms with Crippen LogP contribution in [-0.4, -0.2) is 58.0 Å². The number of rotatable bonds is 25. The molecule has 0 saturated heterocycles. The van der Waals surface area contributed by atoms with Gasteiger partial charge in [-0.2, -0.15) is 0 Å². The lowest BCUT2D eigenvalue weighted by Crippen LogP contribution is -2.47. The highest BCUT2D eigenvalue weighted by Gasteiger charge is 2.35. The third kappa shape index (κ3) is 15.0. The van der Waals surface area contributed by atoms with Crippen LogP contribution in [0.5, 0.6) is 0 Å². The number of aliphatic carboxylic acids is 3. The van der Waals surface area contributed by atoms with Crippen LogP contribution in [0.4, 0.5) is 11.4 Å². The molecule has 0 heterocycles. The summed E-state index contributed by atoms with van der Waals surface area (Å²) in [4.78, 5) is 63.0. The maximum absolute atomic E-state index is 13.4. The number of amides is 1. The van der Waals surface area contributed by atoms with Crippen molar-refractivity contribution in [1.82, 2.24) is 5.32 Å². The van der Waals surface area contributed by atoms with Crippen LogP contribution in [0.2, 0.25) is 0 Å². The molecular formula is C38H52N2O8. The van der Waals surface area contributed by atoms with Crippen molar-refractivity contribution in [2.45, 2.75) is 103 Å². The number of nitrogens with one attached hydrogen (secondary N) is 1. The molecule has 0 aliphatic rings. The average molecular weight is 665 g/mol. The molecular weight excluding hydrogens is 612 g/mol. The zero-order valence-corrected chi connectivity index (χ0v) is 28.3. The first kappa shape index (κ1) is 39.7. The molecule has 0 spiro atoms. The van der Waals surface area contributed by atoms with Gasteiger partial charge in [0.2, 0.25) is 5.91 Å². The van der Waals surface area contributed by atoms with E-state index < -0.39 is 48.1 Å². The van der Waals surface area contributed by atoms with E-state index in [1.807, 2.05) is 54.4 Å². The van der Waals surface area contributed by atoms with Gasteiger partial charge >= 0.3 is 17.9 Å². The summed E-state index contributed by atoms with van der Waals surface area (Å²) >= 11 is 0. The summed E-state index contributed by atoms with van der Waals surface area (Å²) in [5, 5.41) is 31.5. The fourth-order valence-corrected chi connectivity index (χ4v) is 5.55. The zero-order valence-electron chi connectivity index (χ0n) is 28.3. The van der Waals surface area contributed by atoms with E-state index in [1.165, 1.54) is 25.3 Å². The summed E-state index contributed by atoms with van der Waals surface area (Å²) in [6, 6.07) is 15.6. The minimum Gasteiger partial charge on any atom is -0.481 e. The molecule has 0 radical (unpaired) electrons. The third-order valence-corrected chi connectivity index (χ3v) is 8.45. The van der Waals surface area contributed by atoms with Gasteiger partial charge in [0.15, 0.2) is 0 Å². The maximum atomic E-state index is 13.4. The average Bonchev–Trinajstić information content (AvgIpc) is 3.06. The van der Waals surface area contributed by atoms with Crippen molar-refractivity contribution >= 4 is 41.0 Å². The molecule has 0 bridgehead atoms. The normalized spacial score (nSPS) is 13.0. The second-order valence-electron chi connectivity index (χ2n) is 12.3. The number of nitrogens with zero attached hydrogens (tertiary/aromatic N) is 1. The van der Waals surface area contributed by atoms with Crippen LogP contribution in [0, 0.1) is 11.8 Å². The van der Waals surface area contributed by atoms with E-state index >= 15 is 0 Å². The maximum Gasteiger partial charge on any atom is 0.326 e. The molecule has 262 valence electrons. The van der Waals surface area contributed by atoms with Gasteiger partial charge in [0, 0.05) is 37.7 Å². The fourth-order valence-electron chi connectivity index (χ4n) is 5.55. The van der Waals surface area contributed by atoms with Gasteiger partial charge in [0.1, 0.15) is 11.8 Å². The first-order valence-electron chi connectivity index (χ1n) is 17.1. The largest absolute Gasteiger partial charge is 0.481 e. The van der Waals surface area contributed by atoms with Crippen molar-refractivity contribution in [3.05, 3.63) is 72.3 Å². The van der Waals surface area contributed by atoms with Crippen LogP contribution in [0.3, 0.4) is 0 Å². The molecule has 2 aromatic carbocycles. The van der Waals surface area contributed by atoms with Gasteiger partial charge in [0.25, 0.3) is 0 Å². The van der Waals surface area contributed by atoms with Gasteiger partial charge in [-0.1, -0.05) is 87.9 Å². The van der Waals surface area contributed by atoms with Crippen molar-refractivity contribution in [2.24, 2.45) is 11.8 Å². The van der Waals surface area contributed by atoms with Crippen LogP contribution in [-0.2, 0) is 30.4 Å². The van der Waals surface area contributed by atoms with Gasteiger partial charge in [-0.15, -0.1) is 0 Å². The molecule has 0 saturated carbocycles. The molecule has 10 nitrogen and oxygen atoms in total. The Morgan fingerprint density at radius 2 is 1.33 bits per heavy atom. The Morgan fingerprint density at radius 3 is 1.90 bits per heavy atom. The minimum absolute atomic E-state index is 0.0507. The number of ketones is 1. The number of unbranched alkanes of at least 4 members (excludes halogenated alkanes) is 8. The molecule has 2 aromatic rings. The lowest BCUT2D eigenvalue weighted by molar-refractivity contribution is -0.152. The van der Waals surface area contributed by atoms with E-state index in [4.69, 9.17) is 0 Å². The van der Waals surface area contributed by atoms with Crippen LogP contribution in [0.1, 0.15) is 96.0 Å². The second-order valence-corrected chi connectivity index (χ2v) is 12.3. The number of hydrogen-bond donors (Lipinski definition) is 4. The Bertz CT molecular complexity index is 1330. The number of allylic oxidation sites excluding steroid dienone is 1. The van der Waals surface area contributed by atoms with Gasteiger partial charge < -0.3 is 25.5 Å². The topological polar surface area (TPSA) is 161 Å². The Hall–Kier alpha value is -4.47. The summed E-state index contributed by atoms with van der Waals surface area (Å²) < 4.78 is 0. The van der Waals surface area contributed by atoms with Crippen molar-refractivity contribution in [3.8, 4) is 0 Å². The van der Waals surface area contributed by atoms with Crippen molar-refractivity contribution < 1.29 is 39.3 Å².